The Morgan fingerprint density at radius 2 is 1.39 bits per heavy atom. The zero-order valence-corrected chi connectivity index (χ0v) is 15.3. The monoisotopic (exact) mass is 328 g/mol. The van der Waals surface area contributed by atoms with Crippen molar-refractivity contribution < 1.29 is 19.8 Å². The summed E-state index contributed by atoms with van der Waals surface area (Å²) in [5.74, 6) is -1.56. The summed E-state index contributed by atoms with van der Waals surface area (Å²) in [7, 11) is 0. The minimum absolute atomic E-state index is 0.258. The van der Waals surface area contributed by atoms with Crippen molar-refractivity contribution in [2.75, 3.05) is 0 Å². The number of unbranched alkanes of at least 4 members (excludes halogenated alkanes) is 7. The van der Waals surface area contributed by atoms with Crippen LogP contribution in [0.1, 0.15) is 97.8 Å². The summed E-state index contributed by atoms with van der Waals surface area (Å²) in [5, 5.41) is 18.7. The first-order valence-corrected chi connectivity index (χ1v) is 9.29. The third-order valence-electron chi connectivity index (χ3n) is 4.65. The molecule has 4 heteroatoms. The molecule has 0 aliphatic rings. The van der Waals surface area contributed by atoms with Gasteiger partial charge in [-0.3, -0.25) is 9.59 Å². The molecule has 23 heavy (non-hydrogen) atoms. The van der Waals surface area contributed by atoms with Crippen molar-refractivity contribution in [2.45, 2.75) is 97.8 Å². The van der Waals surface area contributed by atoms with Crippen LogP contribution in [0.3, 0.4) is 0 Å². The molecular formula is C19H36O4. The van der Waals surface area contributed by atoms with Crippen LogP contribution in [0.5, 0.6) is 0 Å². The fourth-order valence-electron chi connectivity index (χ4n) is 3.04. The highest BCUT2D eigenvalue weighted by Crippen LogP contribution is 2.36. The fraction of sp³-hybridized carbons (Fsp3) is 0.895. The highest BCUT2D eigenvalue weighted by atomic mass is 16.4. The van der Waals surface area contributed by atoms with Crippen LogP contribution in [0.4, 0.5) is 0 Å². The normalized spacial score (nSPS) is 13.9. The second-order valence-corrected chi connectivity index (χ2v) is 7.31. The van der Waals surface area contributed by atoms with E-state index in [9.17, 15) is 14.7 Å². The van der Waals surface area contributed by atoms with E-state index in [2.05, 4.69) is 6.92 Å². The van der Waals surface area contributed by atoms with Gasteiger partial charge in [-0.1, -0.05) is 72.1 Å². The molecule has 0 aromatic carbocycles. The zero-order valence-electron chi connectivity index (χ0n) is 15.3. The van der Waals surface area contributed by atoms with Gasteiger partial charge in [-0.2, -0.15) is 0 Å². The van der Waals surface area contributed by atoms with Gasteiger partial charge in [-0.25, -0.2) is 0 Å². The van der Waals surface area contributed by atoms with Crippen LogP contribution in [-0.4, -0.2) is 22.2 Å². The van der Waals surface area contributed by atoms with Crippen molar-refractivity contribution in [3.8, 4) is 0 Å². The topological polar surface area (TPSA) is 74.6 Å². The smallest absolute Gasteiger partial charge is 0.310 e. The van der Waals surface area contributed by atoms with Crippen LogP contribution in [0.25, 0.3) is 0 Å². The Kier molecular flexibility index (Phi) is 11.8. The summed E-state index contributed by atoms with van der Waals surface area (Å²) in [6.45, 7) is 6.29. The first-order chi connectivity index (χ1) is 10.8. The summed E-state index contributed by atoms with van der Waals surface area (Å²) < 4.78 is 0. The summed E-state index contributed by atoms with van der Waals surface area (Å²) >= 11 is 0. The summed E-state index contributed by atoms with van der Waals surface area (Å²) in [6.07, 6.45) is 10.6. The van der Waals surface area contributed by atoms with E-state index in [1.165, 1.54) is 32.1 Å². The molecule has 0 spiro atoms. The van der Waals surface area contributed by atoms with Crippen LogP contribution in [0, 0.1) is 11.3 Å². The van der Waals surface area contributed by atoms with E-state index < -0.39 is 17.4 Å². The van der Waals surface area contributed by atoms with E-state index >= 15 is 0 Å². The van der Waals surface area contributed by atoms with Gasteiger partial charge in [-0.05, 0) is 25.2 Å². The number of carboxylic acids is 2. The molecule has 1 atom stereocenters. The van der Waals surface area contributed by atoms with E-state index in [0.29, 0.717) is 18.8 Å². The second kappa shape index (κ2) is 12.4. The van der Waals surface area contributed by atoms with E-state index in [1.54, 1.807) is 0 Å². The molecule has 0 radical (unpaired) electrons. The molecule has 0 amide bonds. The van der Waals surface area contributed by atoms with Gasteiger partial charge in [0.25, 0.3) is 0 Å². The van der Waals surface area contributed by atoms with Crippen molar-refractivity contribution >= 4 is 11.9 Å². The number of carbonyl (C=O) groups is 2. The predicted octanol–water partition coefficient (Wildman–Crippen LogP) is 5.50. The molecule has 0 aliphatic heterocycles. The van der Waals surface area contributed by atoms with Crippen molar-refractivity contribution in [1.29, 1.82) is 0 Å². The molecule has 0 saturated heterocycles. The first kappa shape index (κ1) is 21.9. The van der Waals surface area contributed by atoms with E-state index in [0.717, 1.165) is 25.7 Å². The number of aliphatic carboxylic acids is 2. The summed E-state index contributed by atoms with van der Waals surface area (Å²) in [6, 6.07) is 0. The van der Waals surface area contributed by atoms with Gasteiger partial charge in [0.1, 0.15) is 0 Å². The quantitative estimate of drug-likeness (QED) is 0.389. The fourth-order valence-corrected chi connectivity index (χ4v) is 3.04. The molecule has 0 heterocycles. The molecule has 136 valence electrons. The Morgan fingerprint density at radius 3 is 1.83 bits per heavy atom. The molecule has 0 bridgehead atoms. The molecule has 1 unspecified atom stereocenters. The average molecular weight is 328 g/mol. The highest BCUT2D eigenvalue weighted by Gasteiger charge is 2.39. The molecule has 0 aliphatic carbocycles. The predicted molar refractivity (Wildman–Crippen MR) is 93.6 cm³/mol. The Hall–Kier alpha value is -1.06. The lowest BCUT2D eigenvalue weighted by Gasteiger charge is -2.28. The van der Waals surface area contributed by atoms with Gasteiger partial charge in [0.05, 0.1) is 11.8 Å². The zero-order chi connectivity index (χ0) is 17.7. The number of rotatable bonds is 15. The Balaban J connectivity index is 4.34. The van der Waals surface area contributed by atoms with Crippen molar-refractivity contribution in [3.63, 3.8) is 0 Å². The van der Waals surface area contributed by atoms with Crippen molar-refractivity contribution in [3.05, 3.63) is 0 Å². The van der Waals surface area contributed by atoms with E-state index in [1.807, 2.05) is 13.8 Å². The largest absolute Gasteiger partial charge is 0.481 e. The van der Waals surface area contributed by atoms with Crippen LogP contribution >= 0.6 is 0 Å². The molecule has 0 rings (SSSR count). The number of hydrogen-bond acceptors (Lipinski definition) is 2. The van der Waals surface area contributed by atoms with E-state index in [-0.39, 0.29) is 6.42 Å². The first-order valence-electron chi connectivity index (χ1n) is 9.29. The minimum Gasteiger partial charge on any atom is -0.481 e. The van der Waals surface area contributed by atoms with Gasteiger partial charge in [-0.15, -0.1) is 0 Å². The lowest BCUT2D eigenvalue weighted by atomic mass is 9.74. The van der Waals surface area contributed by atoms with Gasteiger partial charge < -0.3 is 10.2 Å². The van der Waals surface area contributed by atoms with Crippen LogP contribution in [0.15, 0.2) is 0 Å². The molecular weight excluding hydrogens is 292 g/mol. The SMILES string of the molecule is CCCCCCCCCCC(CCC(C)C)(CC(=O)O)C(=O)O. The standard InChI is InChI=1S/C19H36O4/c1-4-5-6-7-8-9-10-11-13-19(18(22)23,15-17(20)21)14-12-16(2)3/h16H,4-15H2,1-3H3,(H,20,21)(H,22,23). The maximum absolute atomic E-state index is 11.7. The van der Waals surface area contributed by atoms with Crippen LogP contribution < -0.4 is 0 Å². The summed E-state index contributed by atoms with van der Waals surface area (Å²) in [5.41, 5.74) is -1.09. The molecule has 4 nitrogen and oxygen atoms in total. The number of hydrogen-bond donors (Lipinski definition) is 2. The minimum atomic E-state index is -1.09. The Morgan fingerprint density at radius 1 is 0.870 bits per heavy atom. The van der Waals surface area contributed by atoms with Crippen molar-refractivity contribution in [2.24, 2.45) is 11.3 Å². The lowest BCUT2D eigenvalue weighted by Crippen LogP contribution is -2.34. The highest BCUT2D eigenvalue weighted by molar-refractivity contribution is 5.81. The van der Waals surface area contributed by atoms with E-state index in [4.69, 9.17) is 5.11 Å². The van der Waals surface area contributed by atoms with Gasteiger partial charge in [0, 0.05) is 0 Å². The maximum atomic E-state index is 11.7. The Labute approximate surface area is 141 Å². The molecule has 0 saturated carbocycles. The summed E-state index contributed by atoms with van der Waals surface area (Å²) in [4.78, 5) is 22.9. The number of carboxylic acid groups (broad SMARTS) is 2. The second-order valence-electron chi connectivity index (χ2n) is 7.31. The maximum Gasteiger partial charge on any atom is 0.310 e. The molecule has 0 fully saturated rings. The molecule has 2 N–H and O–H groups in total. The lowest BCUT2D eigenvalue weighted by molar-refractivity contribution is -0.157. The Bertz CT molecular complexity index is 338. The van der Waals surface area contributed by atoms with Crippen LogP contribution in [0.2, 0.25) is 0 Å². The van der Waals surface area contributed by atoms with Crippen molar-refractivity contribution in [1.82, 2.24) is 0 Å². The average Bonchev–Trinajstić information content (AvgIpc) is 2.46. The van der Waals surface area contributed by atoms with Gasteiger partial charge >= 0.3 is 11.9 Å². The third-order valence-corrected chi connectivity index (χ3v) is 4.65. The van der Waals surface area contributed by atoms with Gasteiger partial charge in [0.15, 0.2) is 0 Å². The van der Waals surface area contributed by atoms with Gasteiger partial charge in [0.2, 0.25) is 0 Å². The molecule has 0 aromatic heterocycles. The van der Waals surface area contributed by atoms with Crippen LogP contribution in [-0.2, 0) is 9.59 Å². The third kappa shape index (κ3) is 10.4. The molecule has 0 aromatic rings.